The summed E-state index contributed by atoms with van der Waals surface area (Å²) in [6, 6.07) is 1.51. The number of rotatable bonds is 2. The number of nitrogens with zero attached hydrogens (tertiary/aromatic N) is 2. The molecule has 1 fully saturated rings. The van der Waals surface area contributed by atoms with E-state index in [0.717, 1.165) is 0 Å². The Hall–Kier alpha value is -1.15. The first kappa shape index (κ1) is 15.7. The van der Waals surface area contributed by atoms with Gasteiger partial charge >= 0.3 is 0 Å². The van der Waals surface area contributed by atoms with Crippen LogP contribution in [0, 0.1) is 0 Å². The minimum atomic E-state index is -3.62. The number of hydrogen-bond donors (Lipinski definition) is 2. The second kappa shape index (κ2) is 5.19. The average molecular weight is 343 g/mol. The number of H-pyrrole nitrogens is 1. The van der Waals surface area contributed by atoms with Crippen molar-refractivity contribution in [2.45, 2.75) is 37.2 Å². The molecule has 0 radical (unpaired) electrons. The van der Waals surface area contributed by atoms with Crippen molar-refractivity contribution in [2.75, 3.05) is 13.1 Å². The molecule has 0 aliphatic carbocycles. The summed E-state index contributed by atoms with van der Waals surface area (Å²) in [5.74, 6) is 0. The topological polar surface area (TPSA) is 78.1 Å². The van der Waals surface area contributed by atoms with Crippen LogP contribution in [0.3, 0.4) is 0 Å². The van der Waals surface area contributed by atoms with Crippen LogP contribution in [0.5, 0.6) is 0 Å². The first-order valence-electron chi connectivity index (χ1n) is 7.10. The van der Waals surface area contributed by atoms with Gasteiger partial charge in [-0.15, -0.1) is 0 Å². The van der Waals surface area contributed by atoms with Gasteiger partial charge in [0.2, 0.25) is 10.0 Å². The van der Waals surface area contributed by atoms with E-state index in [0.29, 0.717) is 29.1 Å². The van der Waals surface area contributed by atoms with Gasteiger partial charge in [0.25, 0.3) is 0 Å². The van der Waals surface area contributed by atoms with Crippen molar-refractivity contribution >= 4 is 32.7 Å². The van der Waals surface area contributed by atoms with E-state index in [1.54, 1.807) is 10.4 Å². The molecule has 120 valence electrons. The van der Waals surface area contributed by atoms with E-state index in [1.807, 2.05) is 20.8 Å². The van der Waals surface area contributed by atoms with Crippen LogP contribution in [-0.2, 0) is 10.0 Å². The number of fused-ring (bicyclic) bond motifs is 1. The van der Waals surface area contributed by atoms with E-state index in [-0.39, 0.29) is 16.5 Å². The van der Waals surface area contributed by atoms with Crippen LogP contribution in [0.25, 0.3) is 11.0 Å². The summed E-state index contributed by atoms with van der Waals surface area (Å²) in [7, 11) is -3.62. The molecule has 22 heavy (non-hydrogen) atoms. The highest BCUT2D eigenvalue weighted by Gasteiger charge is 2.39. The molecule has 0 bridgehead atoms. The Labute approximate surface area is 134 Å². The lowest BCUT2D eigenvalue weighted by molar-refractivity contribution is 0.184. The summed E-state index contributed by atoms with van der Waals surface area (Å²) in [6.07, 6.45) is 2.98. The normalized spacial score (nSPS) is 23.0. The Morgan fingerprint density at radius 1 is 1.45 bits per heavy atom. The molecule has 8 heteroatoms. The van der Waals surface area contributed by atoms with Crippen molar-refractivity contribution in [1.29, 1.82) is 0 Å². The predicted molar refractivity (Wildman–Crippen MR) is 86.5 cm³/mol. The van der Waals surface area contributed by atoms with Gasteiger partial charge in [-0.2, -0.15) is 4.31 Å². The Balaban J connectivity index is 2.09. The van der Waals surface area contributed by atoms with Crippen LogP contribution in [-0.4, -0.2) is 47.4 Å². The van der Waals surface area contributed by atoms with Crippen LogP contribution in [0.15, 0.2) is 23.4 Å². The van der Waals surface area contributed by atoms with Crippen LogP contribution >= 0.6 is 11.6 Å². The lowest BCUT2D eigenvalue weighted by Crippen LogP contribution is -2.61. The maximum atomic E-state index is 13.1. The minimum Gasteiger partial charge on any atom is -0.345 e. The second-order valence-corrected chi connectivity index (χ2v) is 8.66. The van der Waals surface area contributed by atoms with Crippen LogP contribution in [0.2, 0.25) is 5.02 Å². The Kier molecular flexibility index (Phi) is 3.71. The maximum absolute atomic E-state index is 13.1. The van der Waals surface area contributed by atoms with Gasteiger partial charge < -0.3 is 10.3 Å². The van der Waals surface area contributed by atoms with Gasteiger partial charge in [0.1, 0.15) is 10.5 Å². The standard InChI is InChI=1S/C14H19ClN4O2S/c1-9-5-18-14(2,3)8-19(9)22(20,21)12-7-17-13-11(12)4-10(15)6-16-13/h4,6-7,9,18H,5,8H2,1-3H3,(H,16,17). The average Bonchev–Trinajstić information content (AvgIpc) is 2.85. The molecule has 1 atom stereocenters. The minimum absolute atomic E-state index is 0.116. The van der Waals surface area contributed by atoms with Crippen molar-refractivity contribution < 1.29 is 8.42 Å². The van der Waals surface area contributed by atoms with Crippen molar-refractivity contribution in [3.63, 3.8) is 0 Å². The van der Waals surface area contributed by atoms with Crippen LogP contribution in [0.1, 0.15) is 20.8 Å². The molecule has 6 nitrogen and oxygen atoms in total. The van der Waals surface area contributed by atoms with Gasteiger partial charge in [-0.25, -0.2) is 13.4 Å². The molecule has 3 rings (SSSR count). The summed E-state index contributed by atoms with van der Waals surface area (Å²) in [4.78, 5) is 7.25. The molecule has 0 aromatic carbocycles. The SMILES string of the molecule is CC1CNC(C)(C)CN1S(=O)(=O)c1c[nH]c2ncc(Cl)cc12. The summed E-state index contributed by atoms with van der Waals surface area (Å²) in [5.41, 5.74) is 0.256. The number of nitrogens with one attached hydrogen (secondary N) is 2. The Bertz CT molecular complexity index is 815. The van der Waals surface area contributed by atoms with E-state index in [1.165, 1.54) is 12.4 Å². The van der Waals surface area contributed by atoms with E-state index >= 15 is 0 Å². The predicted octanol–water partition coefficient (Wildman–Crippen LogP) is 1.98. The number of sulfonamides is 1. The quantitative estimate of drug-likeness (QED) is 0.874. The fraction of sp³-hybridized carbons (Fsp3) is 0.500. The van der Waals surface area contributed by atoms with Gasteiger partial charge in [-0.1, -0.05) is 11.6 Å². The molecule has 1 unspecified atom stereocenters. The van der Waals surface area contributed by atoms with Gasteiger partial charge in [-0.05, 0) is 26.8 Å². The van der Waals surface area contributed by atoms with E-state index in [2.05, 4.69) is 15.3 Å². The van der Waals surface area contributed by atoms with Crippen molar-refractivity contribution in [3.05, 3.63) is 23.5 Å². The molecule has 1 saturated heterocycles. The second-order valence-electron chi connectivity index (χ2n) is 6.37. The van der Waals surface area contributed by atoms with Crippen molar-refractivity contribution in [2.24, 2.45) is 0 Å². The first-order valence-corrected chi connectivity index (χ1v) is 8.92. The van der Waals surface area contributed by atoms with E-state index in [9.17, 15) is 8.42 Å². The van der Waals surface area contributed by atoms with Crippen LogP contribution in [0.4, 0.5) is 0 Å². The third-order valence-electron chi connectivity index (χ3n) is 3.97. The number of piperazine rings is 1. The van der Waals surface area contributed by atoms with Gasteiger partial charge in [0, 0.05) is 42.5 Å². The monoisotopic (exact) mass is 342 g/mol. The molecule has 2 aromatic rings. The number of aromatic nitrogens is 2. The maximum Gasteiger partial charge on any atom is 0.245 e. The lowest BCUT2D eigenvalue weighted by atomic mass is 10.0. The largest absolute Gasteiger partial charge is 0.345 e. The Morgan fingerprint density at radius 3 is 2.91 bits per heavy atom. The molecular formula is C14H19ClN4O2S. The molecule has 2 N–H and O–H groups in total. The van der Waals surface area contributed by atoms with Crippen LogP contribution < -0.4 is 5.32 Å². The molecule has 0 amide bonds. The first-order chi connectivity index (χ1) is 10.2. The summed E-state index contributed by atoms with van der Waals surface area (Å²) in [6.45, 7) is 6.93. The smallest absolute Gasteiger partial charge is 0.245 e. The summed E-state index contributed by atoms with van der Waals surface area (Å²) in [5, 5.41) is 4.29. The highest BCUT2D eigenvalue weighted by molar-refractivity contribution is 7.89. The zero-order chi connectivity index (χ0) is 16.1. The number of pyridine rings is 1. The molecule has 0 spiro atoms. The lowest BCUT2D eigenvalue weighted by Gasteiger charge is -2.42. The van der Waals surface area contributed by atoms with Crippen molar-refractivity contribution in [3.8, 4) is 0 Å². The zero-order valence-corrected chi connectivity index (χ0v) is 14.3. The summed E-state index contributed by atoms with van der Waals surface area (Å²) < 4.78 is 27.7. The molecule has 1 aliphatic heterocycles. The zero-order valence-electron chi connectivity index (χ0n) is 12.7. The number of halogens is 1. The van der Waals surface area contributed by atoms with Gasteiger partial charge in [0.05, 0.1) is 5.02 Å². The molecule has 0 saturated carbocycles. The fourth-order valence-corrected chi connectivity index (χ4v) is 4.84. The van der Waals surface area contributed by atoms with E-state index < -0.39 is 10.0 Å². The van der Waals surface area contributed by atoms with Crippen molar-refractivity contribution in [1.82, 2.24) is 19.6 Å². The molecular weight excluding hydrogens is 324 g/mol. The third-order valence-corrected chi connectivity index (χ3v) is 6.17. The Morgan fingerprint density at radius 2 is 2.18 bits per heavy atom. The third kappa shape index (κ3) is 2.62. The summed E-state index contributed by atoms with van der Waals surface area (Å²) >= 11 is 5.96. The molecule has 2 aromatic heterocycles. The molecule has 1 aliphatic rings. The number of hydrogen-bond acceptors (Lipinski definition) is 4. The molecule has 3 heterocycles. The van der Waals surface area contributed by atoms with Gasteiger partial charge in [-0.3, -0.25) is 0 Å². The highest BCUT2D eigenvalue weighted by Crippen LogP contribution is 2.29. The fourth-order valence-electron chi connectivity index (χ4n) is 2.74. The van der Waals surface area contributed by atoms with E-state index in [4.69, 9.17) is 11.6 Å². The number of aromatic amines is 1. The highest BCUT2D eigenvalue weighted by atomic mass is 35.5. The van der Waals surface area contributed by atoms with Gasteiger partial charge in [0.15, 0.2) is 0 Å².